The van der Waals surface area contributed by atoms with Gasteiger partial charge in [0.15, 0.2) is 0 Å². The topological polar surface area (TPSA) is 38.7 Å². The molecule has 0 unspecified atom stereocenters. The highest BCUT2D eigenvalue weighted by Gasteiger charge is 2.11. The van der Waals surface area contributed by atoms with Gasteiger partial charge < -0.3 is 0 Å². The van der Waals surface area contributed by atoms with E-state index in [0.29, 0.717) is 5.15 Å². The molecule has 16 heavy (non-hydrogen) atoms. The number of pyridine rings is 1. The Bertz CT molecular complexity index is 636. The summed E-state index contributed by atoms with van der Waals surface area (Å²) in [6.45, 7) is 0. The maximum absolute atomic E-state index is 6.09. The lowest BCUT2D eigenvalue weighted by atomic mass is 10.1. The molecule has 0 aliphatic rings. The van der Waals surface area contributed by atoms with Crippen molar-refractivity contribution in [2.45, 2.75) is 0 Å². The van der Waals surface area contributed by atoms with E-state index in [0.717, 1.165) is 21.3 Å². The highest BCUT2D eigenvalue weighted by Crippen LogP contribution is 2.35. The van der Waals surface area contributed by atoms with Crippen molar-refractivity contribution in [3.8, 4) is 11.1 Å². The zero-order valence-corrected chi connectivity index (χ0v) is 9.66. The highest BCUT2D eigenvalue weighted by molar-refractivity contribution is 7.17. The predicted molar refractivity (Wildman–Crippen MR) is 65.7 cm³/mol. The average Bonchev–Trinajstić information content (AvgIpc) is 2.75. The molecule has 0 saturated heterocycles. The van der Waals surface area contributed by atoms with Crippen molar-refractivity contribution in [1.29, 1.82) is 0 Å². The van der Waals surface area contributed by atoms with Gasteiger partial charge in [0.25, 0.3) is 0 Å². The van der Waals surface area contributed by atoms with E-state index in [-0.39, 0.29) is 0 Å². The summed E-state index contributed by atoms with van der Waals surface area (Å²) in [5.41, 5.74) is 2.07. The lowest BCUT2D eigenvalue weighted by Gasteiger charge is -1.99. The van der Waals surface area contributed by atoms with Crippen molar-refractivity contribution >= 4 is 33.2 Å². The second-order valence-electron chi connectivity index (χ2n) is 3.24. The molecule has 0 aromatic carbocycles. The Morgan fingerprint density at radius 1 is 1.25 bits per heavy atom. The Morgan fingerprint density at radius 2 is 2.19 bits per heavy atom. The molecule has 3 aromatic heterocycles. The molecule has 3 aromatic rings. The van der Waals surface area contributed by atoms with Crippen LogP contribution >= 0.6 is 22.9 Å². The summed E-state index contributed by atoms with van der Waals surface area (Å²) in [6, 6.07) is 3.90. The number of hydrogen-bond acceptors (Lipinski definition) is 4. The van der Waals surface area contributed by atoms with Crippen molar-refractivity contribution in [2.75, 3.05) is 0 Å². The lowest BCUT2D eigenvalue weighted by Crippen LogP contribution is -1.82. The Labute approximate surface area is 101 Å². The zero-order chi connectivity index (χ0) is 11.0. The number of fused-ring (bicyclic) bond motifs is 1. The molecular weight excluding hydrogens is 242 g/mol. The average molecular weight is 248 g/mol. The van der Waals surface area contributed by atoms with E-state index in [4.69, 9.17) is 11.6 Å². The van der Waals surface area contributed by atoms with Crippen LogP contribution in [0.5, 0.6) is 0 Å². The van der Waals surface area contributed by atoms with E-state index in [2.05, 4.69) is 15.0 Å². The quantitative estimate of drug-likeness (QED) is 0.619. The molecule has 0 spiro atoms. The molecular formula is C11H6ClN3S. The van der Waals surface area contributed by atoms with E-state index in [1.54, 1.807) is 17.5 Å². The minimum Gasteiger partial charge on any atom is -0.264 e. The molecule has 0 bridgehead atoms. The van der Waals surface area contributed by atoms with Gasteiger partial charge in [-0.25, -0.2) is 9.97 Å². The number of nitrogens with zero attached hydrogens (tertiary/aromatic N) is 3. The first kappa shape index (κ1) is 9.69. The minimum absolute atomic E-state index is 0.491. The van der Waals surface area contributed by atoms with Crippen molar-refractivity contribution in [3.63, 3.8) is 0 Å². The minimum atomic E-state index is 0.491. The third-order valence-corrected chi connectivity index (χ3v) is 3.47. The largest absolute Gasteiger partial charge is 0.264 e. The standard InChI is InChI=1S/C11H6ClN3S/c12-10-9-8(7-2-1-3-13-4-7)5-16-11(9)15-6-14-10/h1-6H. The predicted octanol–water partition coefficient (Wildman–Crippen LogP) is 3.41. The fourth-order valence-electron chi connectivity index (χ4n) is 1.57. The number of halogens is 1. The molecule has 0 atom stereocenters. The first-order valence-corrected chi connectivity index (χ1v) is 5.90. The highest BCUT2D eigenvalue weighted by atomic mass is 35.5. The number of hydrogen-bond donors (Lipinski definition) is 0. The normalized spacial score (nSPS) is 10.8. The maximum Gasteiger partial charge on any atom is 0.141 e. The number of aromatic nitrogens is 3. The Hall–Kier alpha value is -1.52. The van der Waals surface area contributed by atoms with Crippen LogP contribution in [0.15, 0.2) is 36.2 Å². The van der Waals surface area contributed by atoms with Gasteiger partial charge in [-0.3, -0.25) is 4.98 Å². The maximum atomic E-state index is 6.09. The summed E-state index contributed by atoms with van der Waals surface area (Å²) in [6.07, 6.45) is 5.04. The van der Waals surface area contributed by atoms with E-state index in [1.165, 1.54) is 6.33 Å². The van der Waals surface area contributed by atoms with Crippen LogP contribution in [0.3, 0.4) is 0 Å². The van der Waals surface area contributed by atoms with Gasteiger partial charge in [0, 0.05) is 28.9 Å². The van der Waals surface area contributed by atoms with Crippen LogP contribution in [0.1, 0.15) is 0 Å². The zero-order valence-electron chi connectivity index (χ0n) is 8.09. The molecule has 0 N–H and O–H groups in total. The molecule has 0 saturated carbocycles. The van der Waals surface area contributed by atoms with Gasteiger partial charge in [0.2, 0.25) is 0 Å². The second kappa shape index (κ2) is 3.81. The monoisotopic (exact) mass is 247 g/mol. The molecule has 5 heteroatoms. The summed E-state index contributed by atoms with van der Waals surface area (Å²) in [7, 11) is 0. The van der Waals surface area contributed by atoms with Crippen molar-refractivity contribution in [3.05, 3.63) is 41.4 Å². The molecule has 3 nitrogen and oxygen atoms in total. The smallest absolute Gasteiger partial charge is 0.141 e. The van der Waals surface area contributed by atoms with Crippen LogP contribution in [0.25, 0.3) is 21.3 Å². The first-order valence-electron chi connectivity index (χ1n) is 4.64. The third kappa shape index (κ3) is 1.47. The fraction of sp³-hybridized carbons (Fsp3) is 0. The van der Waals surface area contributed by atoms with Gasteiger partial charge in [-0.1, -0.05) is 17.7 Å². The van der Waals surface area contributed by atoms with Gasteiger partial charge >= 0.3 is 0 Å². The van der Waals surface area contributed by atoms with Crippen LogP contribution in [0.4, 0.5) is 0 Å². The SMILES string of the molecule is Clc1ncnc2scc(-c3cccnc3)c12. The van der Waals surface area contributed by atoms with E-state index in [9.17, 15) is 0 Å². The lowest BCUT2D eigenvalue weighted by molar-refractivity contribution is 1.23. The van der Waals surface area contributed by atoms with E-state index in [1.807, 2.05) is 23.7 Å². The molecule has 0 aliphatic heterocycles. The molecule has 78 valence electrons. The summed E-state index contributed by atoms with van der Waals surface area (Å²) in [5.74, 6) is 0. The van der Waals surface area contributed by atoms with Crippen LogP contribution < -0.4 is 0 Å². The summed E-state index contributed by atoms with van der Waals surface area (Å²) in [4.78, 5) is 13.2. The molecule has 0 amide bonds. The van der Waals surface area contributed by atoms with Gasteiger partial charge in [-0.2, -0.15) is 0 Å². The van der Waals surface area contributed by atoms with Crippen LogP contribution in [-0.2, 0) is 0 Å². The van der Waals surface area contributed by atoms with Gasteiger partial charge in [-0.15, -0.1) is 11.3 Å². The Morgan fingerprint density at radius 3 is 3.00 bits per heavy atom. The van der Waals surface area contributed by atoms with Crippen molar-refractivity contribution in [1.82, 2.24) is 15.0 Å². The van der Waals surface area contributed by atoms with Gasteiger partial charge in [0.05, 0.1) is 5.39 Å². The molecule has 0 fully saturated rings. The fourth-order valence-corrected chi connectivity index (χ4v) is 2.78. The van der Waals surface area contributed by atoms with Crippen molar-refractivity contribution in [2.24, 2.45) is 0 Å². The van der Waals surface area contributed by atoms with Gasteiger partial charge in [0.1, 0.15) is 16.3 Å². The number of rotatable bonds is 1. The summed E-state index contributed by atoms with van der Waals surface area (Å²) in [5, 5.41) is 3.43. The Balaban J connectivity index is 2.33. The molecule has 0 aliphatic carbocycles. The van der Waals surface area contributed by atoms with Crippen LogP contribution in [0, 0.1) is 0 Å². The van der Waals surface area contributed by atoms with E-state index >= 15 is 0 Å². The first-order chi connectivity index (χ1) is 7.86. The van der Waals surface area contributed by atoms with Crippen LogP contribution in [-0.4, -0.2) is 15.0 Å². The van der Waals surface area contributed by atoms with Crippen molar-refractivity contribution < 1.29 is 0 Å². The Kier molecular flexibility index (Phi) is 2.31. The number of thiophene rings is 1. The second-order valence-corrected chi connectivity index (χ2v) is 4.45. The van der Waals surface area contributed by atoms with Crippen LogP contribution in [0.2, 0.25) is 5.15 Å². The molecule has 0 radical (unpaired) electrons. The molecule has 3 rings (SSSR count). The molecule has 3 heterocycles. The summed E-state index contributed by atoms with van der Waals surface area (Å²) < 4.78 is 0. The van der Waals surface area contributed by atoms with Gasteiger partial charge in [-0.05, 0) is 6.07 Å². The third-order valence-electron chi connectivity index (χ3n) is 2.30. The summed E-state index contributed by atoms with van der Waals surface area (Å²) >= 11 is 7.65. The van der Waals surface area contributed by atoms with E-state index < -0.39 is 0 Å².